The number of halogens is 1. The minimum Gasteiger partial charge on any atom is -0.340 e. The lowest BCUT2D eigenvalue weighted by Crippen LogP contribution is -2.53. The zero-order valence-corrected chi connectivity index (χ0v) is 16.3. The highest BCUT2D eigenvalue weighted by Crippen LogP contribution is 2.18. The number of amides is 2. The minimum absolute atomic E-state index is 0.0346. The molecule has 1 saturated heterocycles. The standard InChI is InChI=1S/C20H30FN3O2/c1-5-23(14-16-7-6-8-17(21)13-16)18(25)15-22-9-11-24(12-10-22)19(26)20(2,3)4/h6-8,13H,5,9-12,14-15H2,1-4H3. The largest absolute Gasteiger partial charge is 0.340 e. The Bertz CT molecular complexity index is 634. The molecule has 1 aliphatic heterocycles. The maximum Gasteiger partial charge on any atom is 0.237 e. The van der Waals surface area contributed by atoms with Gasteiger partial charge < -0.3 is 9.80 Å². The Hall–Kier alpha value is -1.95. The van der Waals surface area contributed by atoms with E-state index in [0.29, 0.717) is 45.8 Å². The average molecular weight is 363 g/mol. The fraction of sp³-hybridized carbons (Fsp3) is 0.600. The first-order valence-corrected chi connectivity index (χ1v) is 9.24. The number of nitrogens with zero attached hydrogens (tertiary/aromatic N) is 3. The lowest BCUT2D eigenvalue weighted by molar-refractivity contribution is -0.141. The zero-order valence-electron chi connectivity index (χ0n) is 16.3. The summed E-state index contributed by atoms with van der Waals surface area (Å²) in [5.74, 6) is -0.0947. The van der Waals surface area contributed by atoms with Crippen LogP contribution in [0.2, 0.25) is 0 Å². The molecule has 0 aliphatic carbocycles. The molecule has 0 radical (unpaired) electrons. The van der Waals surface area contributed by atoms with Gasteiger partial charge in [0, 0.05) is 44.7 Å². The van der Waals surface area contributed by atoms with Crippen LogP contribution in [-0.4, -0.2) is 65.8 Å². The van der Waals surface area contributed by atoms with Gasteiger partial charge in [0.1, 0.15) is 5.82 Å². The van der Waals surface area contributed by atoms with Crippen LogP contribution >= 0.6 is 0 Å². The van der Waals surface area contributed by atoms with Gasteiger partial charge in [-0.2, -0.15) is 0 Å². The molecule has 0 atom stereocenters. The number of piperazine rings is 1. The zero-order chi connectivity index (χ0) is 19.3. The third kappa shape index (κ3) is 5.53. The average Bonchev–Trinajstić information content (AvgIpc) is 2.59. The van der Waals surface area contributed by atoms with Crippen molar-refractivity contribution in [1.82, 2.24) is 14.7 Å². The molecule has 6 heteroatoms. The van der Waals surface area contributed by atoms with E-state index in [4.69, 9.17) is 0 Å². The molecule has 2 amide bonds. The summed E-state index contributed by atoms with van der Waals surface area (Å²) < 4.78 is 13.3. The van der Waals surface area contributed by atoms with Crippen LogP contribution in [0.15, 0.2) is 24.3 Å². The van der Waals surface area contributed by atoms with Crippen LogP contribution in [0.1, 0.15) is 33.3 Å². The van der Waals surface area contributed by atoms with Crippen LogP contribution in [0.5, 0.6) is 0 Å². The van der Waals surface area contributed by atoms with E-state index in [1.165, 1.54) is 12.1 Å². The van der Waals surface area contributed by atoms with Gasteiger partial charge in [0.2, 0.25) is 11.8 Å². The first-order chi connectivity index (χ1) is 12.2. The van der Waals surface area contributed by atoms with E-state index in [1.54, 1.807) is 11.0 Å². The fourth-order valence-corrected chi connectivity index (χ4v) is 3.11. The summed E-state index contributed by atoms with van der Waals surface area (Å²) >= 11 is 0. The van der Waals surface area contributed by atoms with Gasteiger partial charge in [-0.1, -0.05) is 32.9 Å². The van der Waals surface area contributed by atoms with Gasteiger partial charge in [0.05, 0.1) is 6.54 Å². The molecule has 0 saturated carbocycles. The quantitative estimate of drug-likeness (QED) is 0.807. The molecule has 1 aliphatic rings. The van der Waals surface area contributed by atoms with Crippen molar-refractivity contribution in [1.29, 1.82) is 0 Å². The molecule has 1 heterocycles. The molecule has 26 heavy (non-hydrogen) atoms. The number of benzene rings is 1. The van der Waals surface area contributed by atoms with E-state index in [-0.39, 0.29) is 23.0 Å². The molecule has 144 valence electrons. The summed E-state index contributed by atoms with van der Waals surface area (Å²) in [6.07, 6.45) is 0. The van der Waals surface area contributed by atoms with E-state index in [0.717, 1.165) is 5.56 Å². The highest BCUT2D eigenvalue weighted by atomic mass is 19.1. The van der Waals surface area contributed by atoms with Crippen LogP contribution in [0.3, 0.4) is 0 Å². The van der Waals surface area contributed by atoms with Crippen LogP contribution in [0.25, 0.3) is 0 Å². The summed E-state index contributed by atoms with van der Waals surface area (Å²) in [6.45, 7) is 11.7. The molecule has 1 fully saturated rings. The van der Waals surface area contributed by atoms with Crippen molar-refractivity contribution in [2.24, 2.45) is 5.41 Å². The summed E-state index contributed by atoms with van der Waals surface area (Å²) in [7, 11) is 0. The molecule has 0 N–H and O–H groups in total. The lowest BCUT2D eigenvalue weighted by atomic mass is 9.94. The van der Waals surface area contributed by atoms with E-state index >= 15 is 0 Å². The number of carbonyl (C=O) groups is 2. The van der Waals surface area contributed by atoms with Crippen LogP contribution < -0.4 is 0 Å². The van der Waals surface area contributed by atoms with Crippen molar-refractivity contribution >= 4 is 11.8 Å². The predicted molar refractivity (Wildman–Crippen MR) is 100.0 cm³/mol. The van der Waals surface area contributed by atoms with Crippen molar-refractivity contribution in [3.05, 3.63) is 35.6 Å². The number of hydrogen-bond acceptors (Lipinski definition) is 3. The Labute approximate surface area is 155 Å². The first kappa shape index (κ1) is 20.4. The first-order valence-electron chi connectivity index (χ1n) is 9.24. The molecule has 0 aromatic heterocycles. The summed E-state index contributed by atoms with van der Waals surface area (Å²) in [6, 6.07) is 6.36. The second kappa shape index (κ2) is 8.62. The van der Waals surface area contributed by atoms with E-state index in [2.05, 4.69) is 4.90 Å². The summed E-state index contributed by atoms with van der Waals surface area (Å²) in [5.41, 5.74) is 0.419. The number of rotatable bonds is 5. The van der Waals surface area contributed by atoms with E-state index in [1.807, 2.05) is 38.7 Å². The highest BCUT2D eigenvalue weighted by Gasteiger charge is 2.30. The fourth-order valence-electron chi connectivity index (χ4n) is 3.11. The van der Waals surface area contributed by atoms with Crippen molar-refractivity contribution in [2.75, 3.05) is 39.3 Å². The van der Waals surface area contributed by atoms with Crippen LogP contribution in [0, 0.1) is 11.2 Å². The van der Waals surface area contributed by atoms with Crippen molar-refractivity contribution in [3.8, 4) is 0 Å². The molecule has 0 unspecified atom stereocenters. The molecule has 0 spiro atoms. The monoisotopic (exact) mass is 363 g/mol. The van der Waals surface area contributed by atoms with Gasteiger partial charge in [0.25, 0.3) is 0 Å². The second-order valence-electron chi connectivity index (χ2n) is 7.86. The molecule has 1 aromatic rings. The third-order valence-electron chi connectivity index (χ3n) is 4.66. The van der Waals surface area contributed by atoms with E-state index in [9.17, 15) is 14.0 Å². The molecule has 2 rings (SSSR count). The summed E-state index contributed by atoms with van der Waals surface area (Å²) in [5, 5.41) is 0. The Morgan fingerprint density at radius 2 is 1.81 bits per heavy atom. The predicted octanol–water partition coefficient (Wildman–Crippen LogP) is 2.36. The van der Waals surface area contributed by atoms with Crippen molar-refractivity contribution in [2.45, 2.75) is 34.2 Å². The van der Waals surface area contributed by atoms with Crippen molar-refractivity contribution in [3.63, 3.8) is 0 Å². The third-order valence-corrected chi connectivity index (χ3v) is 4.66. The highest BCUT2D eigenvalue weighted by molar-refractivity contribution is 5.81. The Morgan fingerprint density at radius 1 is 1.15 bits per heavy atom. The SMILES string of the molecule is CCN(Cc1cccc(F)c1)C(=O)CN1CCN(C(=O)C(C)(C)C)CC1. The molecular formula is C20H30FN3O2. The van der Waals surface area contributed by atoms with Gasteiger partial charge in [-0.05, 0) is 24.6 Å². The van der Waals surface area contributed by atoms with Crippen LogP contribution in [0.4, 0.5) is 4.39 Å². The van der Waals surface area contributed by atoms with Crippen molar-refractivity contribution < 1.29 is 14.0 Å². The Kier molecular flexibility index (Phi) is 6.75. The van der Waals surface area contributed by atoms with Gasteiger partial charge in [-0.25, -0.2) is 4.39 Å². The van der Waals surface area contributed by atoms with Gasteiger partial charge in [0.15, 0.2) is 0 Å². The normalized spacial score (nSPS) is 15.8. The Balaban J connectivity index is 1.86. The molecule has 5 nitrogen and oxygen atoms in total. The summed E-state index contributed by atoms with van der Waals surface area (Å²) in [4.78, 5) is 30.7. The maximum absolute atomic E-state index is 13.3. The molecule has 1 aromatic carbocycles. The smallest absolute Gasteiger partial charge is 0.237 e. The maximum atomic E-state index is 13.3. The van der Waals surface area contributed by atoms with Gasteiger partial charge in [-0.3, -0.25) is 14.5 Å². The topological polar surface area (TPSA) is 43.9 Å². The van der Waals surface area contributed by atoms with Gasteiger partial charge in [-0.15, -0.1) is 0 Å². The number of likely N-dealkylation sites (N-methyl/N-ethyl adjacent to an activating group) is 1. The van der Waals surface area contributed by atoms with Crippen LogP contribution in [-0.2, 0) is 16.1 Å². The number of carbonyl (C=O) groups excluding carboxylic acids is 2. The minimum atomic E-state index is -0.373. The van der Waals surface area contributed by atoms with E-state index < -0.39 is 0 Å². The second-order valence-corrected chi connectivity index (χ2v) is 7.86. The molecule has 0 bridgehead atoms. The van der Waals surface area contributed by atoms with Gasteiger partial charge >= 0.3 is 0 Å². The molecular weight excluding hydrogens is 333 g/mol. The number of hydrogen-bond donors (Lipinski definition) is 0. The Morgan fingerprint density at radius 3 is 2.35 bits per heavy atom. The lowest BCUT2D eigenvalue weighted by Gasteiger charge is -2.38.